The van der Waals surface area contributed by atoms with Crippen molar-refractivity contribution in [3.63, 3.8) is 0 Å². The van der Waals surface area contributed by atoms with E-state index in [-0.39, 0.29) is 42.5 Å². The maximum atomic E-state index is 13.1. The molecule has 1 aliphatic carbocycles. The minimum atomic E-state index is -0.260. The summed E-state index contributed by atoms with van der Waals surface area (Å²) in [7, 11) is 0. The molecular formula is C22H22ClN3O3. The molecule has 1 saturated heterocycles. The van der Waals surface area contributed by atoms with Crippen molar-refractivity contribution in [2.24, 2.45) is 5.92 Å². The number of anilines is 2. The number of aliphatic hydroxyl groups is 1. The molecule has 2 N–H and O–H groups in total. The Balaban J connectivity index is 1.46. The van der Waals surface area contributed by atoms with Crippen molar-refractivity contribution in [2.75, 3.05) is 23.4 Å². The van der Waals surface area contributed by atoms with Gasteiger partial charge in [0.05, 0.1) is 18.7 Å². The third-order valence-electron chi connectivity index (χ3n) is 6.19. The van der Waals surface area contributed by atoms with Crippen LogP contribution in [0, 0.1) is 5.92 Å². The number of nitrogens with one attached hydrogen (secondary N) is 1. The molecule has 2 aromatic carbocycles. The van der Waals surface area contributed by atoms with E-state index in [1.165, 1.54) is 0 Å². The molecule has 0 spiro atoms. The highest BCUT2D eigenvalue weighted by molar-refractivity contribution is 6.30. The minimum absolute atomic E-state index is 0.0501. The summed E-state index contributed by atoms with van der Waals surface area (Å²) in [6.45, 7) is 0.339. The number of para-hydroxylation sites is 1. The fourth-order valence-electron chi connectivity index (χ4n) is 4.68. The number of fused-ring (bicyclic) bond motifs is 3. The van der Waals surface area contributed by atoms with Gasteiger partial charge < -0.3 is 15.3 Å². The third-order valence-corrected chi connectivity index (χ3v) is 6.42. The topological polar surface area (TPSA) is 72.9 Å². The van der Waals surface area contributed by atoms with Crippen molar-refractivity contribution in [1.29, 1.82) is 0 Å². The van der Waals surface area contributed by atoms with E-state index in [0.717, 1.165) is 24.1 Å². The van der Waals surface area contributed by atoms with Crippen LogP contribution in [-0.2, 0) is 4.79 Å². The Hall–Kier alpha value is -2.57. The maximum Gasteiger partial charge on any atom is 0.326 e. The van der Waals surface area contributed by atoms with Gasteiger partial charge in [-0.15, -0.1) is 0 Å². The lowest BCUT2D eigenvalue weighted by atomic mass is 9.71. The number of likely N-dealkylation sites (tertiary alicyclic amines) is 1. The maximum absolute atomic E-state index is 13.1. The summed E-state index contributed by atoms with van der Waals surface area (Å²) in [5, 5.41) is 13.4. The minimum Gasteiger partial charge on any atom is -0.394 e. The molecule has 5 rings (SSSR count). The largest absolute Gasteiger partial charge is 0.394 e. The number of hydrogen-bond acceptors (Lipinski definition) is 3. The summed E-state index contributed by atoms with van der Waals surface area (Å²) in [5.74, 6) is 0.241. The number of amides is 3. The first-order chi connectivity index (χ1) is 14.1. The average Bonchev–Trinajstić information content (AvgIpc) is 3.53. The van der Waals surface area contributed by atoms with E-state index in [1.807, 2.05) is 29.2 Å². The van der Waals surface area contributed by atoms with Crippen LogP contribution < -0.4 is 10.2 Å². The average molecular weight is 412 g/mol. The SMILES string of the molecule is O=C(Nc1cccc(Cl)c1)N1C[C@@H]2[C@H](c3ccccc31)[C@@H](CO)N2C(=O)C1CC1. The summed E-state index contributed by atoms with van der Waals surface area (Å²) < 4.78 is 0. The van der Waals surface area contributed by atoms with Crippen molar-refractivity contribution in [3.8, 4) is 0 Å². The summed E-state index contributed by atoms with van der Waals surface area (Å²) in [6, 6.07) is 14.2. The predicted molar refractivity (Wildman–Crippen MR) is 111 cm³/mol. The fourth-order valence-corrected chi connectivity index (χ4v) is 4.87. The number of halogens is 1. The molecule has 0 bridgehead atoms. The molecule has 3 amide bonds. The van der Waals surface area contributed by atoms with Crippen LogP contribution in [0.15, 0.2) is 48.5 Å². The molecule has 1 saturated carbocycles. The van der Waals surface area contributed by atoms with Gasteiger partial charge in [-0.25, -0.2) is 4.79 Å². The summed E-state index contributed by atoms with van der Waals surface area (Å²) in [5.41, 5.74) is 2.45. The molecule has 0 radical (unpaired) electrons. The van der Waals surface area contributed by atoms with Crippen molar-refractivity contribution in [1.82, 2.24) is 4.90 Å². The van der Waals surface area contributed by atoms with Crippen LogP contribution in [0.5, 0.6) is 0 Å². The van der Waals surface area contributed by atoms with Crippen LogP contribution >= 0.6 is 11.6 Å². The van der Waals surface area contributed by atoms with Crippen molar-refractivity contribution in [3.05, 3.63) is 59.1 Å². The monoisotopic (exact) mass is 411 g/mol. The molecular weight excluding hydrogens is 390 g/mol. The van der Waals surface area contributed by atoms with Crippen LogP contribution in [0.4, 0.5) is 16.2 Å². The standard InChI is InChI=1S/C22H22ClN3O3/c23-14-4-3-5-15(10-14)24-22(29)25-11-18-20(16-6-1-2-7-17(16)25)19(12-27)26(18)21(28)13-8-9-13/h1-7,10,13,18-20,27H,8-9,11-12H2,(H,24,29)/t18-,19-,20+/m1/s1. The van der Waals surface area contributed by atoms with Gasteiger partial charge in [0.1, 0.15) is 0 Å². The second kappa shape index (κ2) is 7.04. The lowest BCUT2D eigenvalue weighted by Crippen LogP contribution is -2.71. The molecule has 0 aromatic heterocycles. The zero-order valence-corrected chi connectivity index (χ0v) is 16.5. The molecule has 2 aromatic rings. The molecule has 3 aliphatic rings. The molecule has 3 atom stereocenters. The van der Waals surface area contributed by atoms with Crippen LogP contribution in [0.1, 0.15) is 24.3 Å². The van der Waals surface area contributed by atoms with Crippen molar-refractivity contribution in [2.45, 2.75) is 30.8 Å². The van der Waals surface area contributed by atoms with E-state index in [0.29, 0.717) is 17.3 Å². The molecule has 0 unspecified atom stereocenters. The van der Waals surface area contributed by atoms with Gasteiger partial charge >= 0.3 is 6.03 Å². The molecule has 2 aliphatic heterocycles. The number of hydrogen-bond donors (Lipinski definition) is 2. The number of nitrogens with zero attached hydrogens (tertiary/aromatic N) is 2. The Morgan fingerprint density at radius 1 is 1.14 bits per heavy atom. The molecule has 150 valence electrons. The highest BCUT2D eigenvalue weighted by Gasteiger charge is 2.56. The Morgan fingerprint density at radius 2 is 1.93 bits per heavy atom. The number of urea groups is 1. The molecule has 2 heterocycles. The Kier molecular flexibility index (Phi) is 4.48. The summed E-state index contributed by atoms with van der Waals surface area (Å²) in [6.07, 6.45) is 1.83. The van der Waals surface area contributed by atoms with Crippen LogP contribution in [-0.4, -0.2) is 47.2 Å². The van der Waals surface area contributed by atoms with Gasteiger partial charge in [-0.05, 0) is 42.7 Å². The van der Waals surface area contributed by atoms with Crippen LogP contribution in [0.25, 0.3) is 0 Å². The zero-order chi connectivity index (χ0) is 20.1. The Bertz CT molecular complexity index is 977. The number of benzene rings is 2. The van der Waals surface area contributed by atoms with Crippen molar-refractivity contribution < 1.29 is 14.7 Å². The predicted octanol–water partition coefficient (Wildman–Crippen LogP) is 3.46. The number of carbonyl (C=O) groups is 2. The van der Waals surface area contributed by atoms with Gasteiger partial charge in [0, 0.05) is 34.8 Å². The van der Waals surface area contributed by atoms with E-state index in [9.17, 15) is 14.7 Å². The van der Waals surface area contributed by atoms with Crippen LogP contribution in [0.3, 0.4) is 0 Å². The van der Waals surface area contributed by atoms with Gasteiger partial charge in [0.25, 0.3) is 0 Å². The van der Waals surface area contributed by atoms with E-state index < -0.39 is 0 Å². The molecule has 6 nitrogen and oxygen atoms in total. The van der Waals surface area contributed by atoms with Gasteiger partial charge in [0.15, 0.2) is 0 Å². The normalized spacial score (nSPS) is 25.0. The summed E-state index contributed by atoms with van der Waals surface area (Å²) in [4.78, 5) is 29.4. The smallest absolute Gasteiger partial charge is 0.326 e. The lowest BCUT2D eigenvalue weighted by molar-refractivity contribution is -0.151. The number of carbonyl (C=O) groups excluding carboxylic acids is 2. The van der Waals surface area contributed by atoms with E-state index in [4.69, 9.17) is 11.6 Å². The second-order valence-corrected chi connectivity index (χ2v) is 8.41. The second-order valence-electron chi connectivity index (χ2n) is 7.97. The number of aliphatic hydroxyl groups excluding tert-OH is 1. The molecule has 7 heteroatoms. The highest BCUT2D eigenvalue weighted by Crippen LogP contribution is 2.50. The number of rotatable bonds is 3. The van der Waals surface area contributed by atoms with E-state index in [2.05, 4.69) is 5.32 Å². The first-order valence-electron chi connectivity index (χ1n) is 9.94. The fraction of sp³-hybridized carbons (Fsp3) is 0.364. The highest BCUT2D eigenvalue weighted by atomic mass is 35.5. The van der Waals surface area contributed by atoms with Gasteiger partial charge in [-0.1, -0.05) is 35.9 Å². The van der Waals surface area contributed by atoms with Gasteiger partial charge in [0.2, 0.25) is 5.91 Å². The third kappa shape index (κ3) is 3.07. The van der Waals surface area contributed by atoms with E-state index >= 15 is 0 Å². The van der Waals surface area contributed by atoms with Crippen LogP contribution in [0.2, 0.25) is 5.02 Å². The lowest BCUT2D eigenvalue weighted by Gasteiger charge is -2.59. The van der Waals surface area contributed by atoms with Gasteiger partial charge in [-0.2, -0.15) is 0 Å². The molecule has 29 heavy (non-hydrogen) atoms. The van der Waals surface area contributed by atoms with E-state index in [1.54, 1.807) is 29.2 Å². The van der Waals surface area contributed by atoms with Crippen molar-refractivity contribution >= 4 is 34.9 Å². The molecule has 2 fully saturated rings. The zero-order valence-electron chi connectivity index (χ0n) is 15.8. The summed E-state index contributed by atoms with van der Waals surface area (Å²) >= 11 is 6.04. The first-order valence-corrected chi connectivity index (χ1v) is 10.3. The Morgan fingerprint density at radius 3 is 2.66 bits per heavy atom. The quantitative estimate of drug-likeness (QED) is 0.812. The van der Waals surface area contributed by atoms with Gasteiger partial charge in [-0.3, -0.25) is 9.69 Å². The Labute approximate surface area is 174 Å². The first kappa shape index (κ1) is 18.5.